The van der Waals surface area contributed by atoms with Crippen LogP contribution in [0.25, 0.3) is 21.9 Å². The molecule has 29 heavy (non-hydrogen) atoms. The van der Waals surface area contributed by atoms with Crippen LogP contribution in [0.3, 0.4) is 0 Å². The van der Waals surface area contributed by atoms with Crippen molar-refractivity contribution in [3.05, 3.63) is 66.2 Å². The van der Waals surface area contributed by atoms with E-state index in [-0.39, 0.29) is 32.2 Å². The van der Waals surface area contributed by atoms with E-state index in [9.17, 15) is 9.90 Å². The van der Waals surface area contributed by atoms with Gasteiger partial charge in [0.15, 0.2) is 0 Å². The van der Waals surface area contributed by atoms with Gasteiger partial charge in [-0.25, -0.2) is 4.79 Å². The van der Waals surface area contributed by atoms with Crippen LogP contribution in [0.5, 0.6) is 5.75 Å². The second kappa shape index (κ2) is 10.6. The number of rotatable bonds is 10. The Kier molecular flexibility index (Phi) is 7.58. The van der Waals surface area contributed by atoms with E-state index in [0.717, 1.165) is 16.5 Å². The van der Waals surface area contributed by atoms with Gasteiger partial charge in [-0.1, -0.05) is 54.6 Å². The van der Waals surface area contributed by atoms with Gasteiger partial charge in [-0.05, 0) is 17.0 Å². The normalized spacial score (nSPS) is 10.9. The molecule has 0 amide bonds. The van der Waals surface area contributed by atoms with E-state index in [1.807, 2.05) is 54.6 Å². The van der Waals surface area contributed by atoms with Gasteiger partial charge in [0.2, 0.25) is 0 Å². The van der Waals surface area contributed by atoms with E-state index in [1.54, 1.807) is 0 Å². The number of hydrogen-bond donors (Lipinski definition) is 2. The number of ether oxygens (including phenoxy) is 3. The molecule has 0 saturated heterocycles. The van der Waals surface area contributed by atoms with Gasteiger partial charge in [-0.2, -0.15) is 0 Å². The molecule has 0 aliphatic heterocycles. The minimum absolute atomic E-state index is 0.0278. The number of aliphatic hydroxyl groups excluding tert-OH is 1. The maximum Gasteiger partial charge on any atom is 0.339 e. The lowest BCUT2D eigenvalue weighted by atomic mass is 9.92. The van der Waals surface area contributed by atoms with Crippen molar-refractivity contribution < 1.29 is 29.2 Å². The summed E-state index contributed by atoms with van der Waals surface area (Å²) in [4.78, 5) is 12.8. The van der Waals surface area contributed by atoms with Crippen LogP contribution in [0.4, 0.5) is 0 Å². The predicted octanol–water partition coefficient (Wildman–Crippen LogP) is 3.39. The lowest BCUT2D eigenvalue weighted by molar-refractivity contribution is 0.00922. The number of phenols is 1. The highest BCUT2D eigenvalue weighted by molar-refractivity contribution is 6.10. The quantitative estimate of drug-likeness (QED) is 0.404. The standard InChI is InChI=1S/C23H24O6/c24-10-11-27-12-13-28-14-15-29-23(26)20-16-21(25)18-8-4-5-9-19(18)22(20)17-6-2-1-3-7-17/h1-9,16,24-25H,10-15H2. The molecule has 0 fully saturated rings. The molecular weight excluding hydrogens is 372 g/mol. The molecule has 0 spiro atoms. The van der Waals surface area contributed by atoms with E-state index in [4.69, 9.17) is 19.3 Å². The van der Waals surface area contributed by atoms with Crippen LogP contribution in [0.1, 0.15) is 10.4 Å². The van der Waals surface area contributed by atoms with Crippen LogP contribution in [0.2, 0.25) is 0 Å². The third-order valence-electron chi connectivity index (χ3n) is 4.37. The van der Waals surface area contributed by atoms with Gasteiger partial charge in [-0.15, -0.1) is 0 Å². The topological polar surface area (TPSA) is 85.2 Å². The number of esters is 1. The number of hydrogen-bond acceptors (Lipinski definition) is 6. The van der Waals surface area contributed by atoms with Crippen LogP contribution in [0.15, 0.2) is 60.7 Å². The van der Waals surface area contributed by atoms with E-state index in [2.05, 4.69) is 0 Å². The van der Waals surface area contributed by atoms with E-state index >= 15 is 0 Å². The smallest absolute Gasteiger partial charge is 0.339 e. The van der Waals surface area contributed by atoms with Crippen molar-refractivity contribution in [2.45, 2.75) is 0 Å². The Labute approximate surface area is 169 Å². The van der Waals surface area contributed by atoms with Crippen LogP contribution in [-0.4, -0.2) is 55.8 Å². The summed E-state index contributed by atoms with van der Waals surface area (Å²) in [5.41, 5.74) is 1.90. The van der Waals surface area contributed by atoms with Crippen LogP contribution < -0.4 is 0 Å². The summed E-state index contributed by atoms with van der Waals surface area (Å²) in [6.45, 7) is 1.27. The van der Waals surface area contributed by atoms with Crippen LogP contribution >= 0.6 is 0 Å². The molecule has 2 N–H and O–H groups in total. The first kappa shape index (κ1) is 20.8. The highest BCUT2D eigenvalue weighted by Crippen LogP contribution is 2.37. The molecule has 0 unspecified atom stereocenters. The molecule has 0 radical (unpaired) electrons. The monoisotopic (exact) mass is 396 g/mol. The van der Waals surface area contributed by atoms with E-state index in [1.165, 1.54) is 6.07 Å². The number of aliphatic hydroxyl groups is 1. The Balaban J connectivity index is 1.75. The van der Waals surface area contributed by atoms with Gasteiger partial charge >= 0.3 is 5.97 Å². The van der Waals surface area contributed by atoms with Crippen molar-refractivity contribution in [2.75, 3.05) is 39.6 Å². The molecule has 3 rings (SSSR count). The third kappa shape index (κ3) is 5.32. The Morgan fingerprint density at radius 1 is 0.793 bits per heavy atom. The maximum atomic E-state index is 12.8. The fourth-order valence-corrected chi connectivity index (χ4v) is 3.09. The molecule has 0 saturated carbocycles. The summed E-state index contributed by atoms with van der Waals surface area (Å²) < 4.78 is 15.8. The number of fused-ring (bicyclic) bond motifs is 1. The molecular formula is C23H24O6. The lowest BCUT2D eigenvalue weighted by Gasteiger charge is -2.14. The first-order chi connectivity index (χ1) is 14.2. The molecule has 152 valence electrons. The molecule has 6 nitrogen and oxygen atoms in total. The lowest BCUT2D eigenvalue weighted by Crippen LogP contribution is -2.14. The summed E-state index contributed by atoms with van der Waals surface area (Å²) in [5.74, 6) is -0.491. The van der Waals surface area contributed by atoms with Gasteiger partial charge in [0.1, 0.15) is 12.4 Å². The second-order valence-electron chi connectivity index (χ2n) is 6.31. The highest BCUT2D eigenvalue weighted by atomic mass is 16.6. The average molecular weight is 396 g/mol. The zero-order valence-electron chi connectivity index (χ0n) is 16.0. The fourth-order valence-electron chi connectivity index (χ4n) is 3.09. The highest BCUT2D eigenvalue weighted by Gasteiger charge is 2.19. The molecule has 0 bridgehead atoms. The van der Waals surface area contributed by atoms with Crippen molar-refractivity contribution in [1.82, 2.24) is 0 Å². The zero-order valence-corrected chi connectivity index (χ0v) is 16.0. The molecule has 0 aliphatic carbocycles. The Morgan fingerprint density at radius 3 is 2.14 bits per heavy atom. The third-order valence-corrected chi connectivity index (χ3v) is 4.37. The first-order valence-corrected chi connectivity index (χ1v) is 9.46. The van der Waals surface area contributed by atoms with Crippen molar-refractivity contribution in [3.8, 4) is 16.9 Å². The van der Waals surface area contributed by atoms with Gasteiger partial charge in [0.25, 0.3) is 0 Å². The Morgan fingerprint density at radius 2 is 1.41 bits per heavy atom. The first-order valence-electron chi connectivity index (χ1n) is 9.46. The van der Waals surface area contributed by atoms with E-state index < -0.39 is 5.97 Å². The molecule has 3 aromatic carbocycles. The number of carbonyl (C=O) groups is 1. The Hall–Kier alpha value is -2.93. The summed E-state index contributed by atoms with van der Waals surface area (Å²) in [6.07, 6.45) is 0. The SMILES string of the molecule is O=C(OCCOCCOCCO)c1cc(O)c2ccccc2c1-c1ccccc1. The number of benzene rings is 3. The van der Waals surface area contributed by atoms with Crippen molar-refractivity contribution in [2.24, 2.45) is 0 Å². The van der Waals surface area contributed by atoms with Crippen molar-refractivity contribution in [1.29, 1.82) is 0 Å². The summed E-state index contributed by atoms with van der Waals surface area (Å²) >= 11 is 0. The van der Waals surface area contributed by atoms with Crippen LogP contribution in [-0.2, 0) is 14.2 Å². The molecule has 0 aliphatic rings. The number of carbonyl (C=O) groups excluding carboxylic acids is 1. The van der Waals surface area contributed by atoms with Gasteiger partial charge in [-0.3, -0.25) is 0 Å². The number of aromatic hydroxyl groups is 1. The van der Waals surface area contributed by atoms with Gasteiger partial charge in [0, 0.05) is 10.9 Å². The Bertz CT molecular complexity index is 939. The van der Waals surface area contributed by atoms with E-state index in [0.29, 0.717) is 24.2 Å². The summed E-state index contributed by atoms with van der Waals surface area (Å²) in [6, 6.07) is 18.4. The van der Waals surface area contributed by atoms with Crippen LogP contribution in [0, 0.1) is 0 Å². The molecule has 0 aromatic heterocycles. The fraction of sp³-hybridized carbons (Fsp3) is 0.261. The maximum absolute atomic E-state index is 12.8. The van der Waals surface area contributed by atoms with Crippen molar-refractivity contribution in [3.63, 3.8) is 0 Å². The van der Waals surface area contributed by atoms with Gasteiger partial charge < -0.3 is 24.4 Å². The van der Waals surface area contributed by atoms with Gasteiger partial charge in [0.05, 0.1) is 38.6 Å². The minimum atomic E-state index is -0.523. The predicted molar refractivity (Wildman–Crippen MR) is 110 cm³/mol. The summed E-state index contributed by atoms with van der Waals surface area (Å²) in [7, 11) is 0. The molecule has 3 aromatic rings. The molecule has 0 atom stereocenters. The second-order valence-corrected chi connectivity index (χ2v) is 6.31. The van der Waals surface area contributed by atoms with Crippen molar-refractivity contribution >= 4 is 16.7 Å². The summed E-state index contributed by atoms with van der Waals surface area (Å²) in [5, 5.41) is 20.5. The average Bonchev–Trinajstić information content (AvgIpc) is 2.76. The largest absolute Gasteiger partial charge is 0.507 e. The zero-order chi connectivity index (χ0) is 20.5. The number of phenolic OH excluding ortho intramolecular Hbond substituents is 1. The molecule has 6 heteroatoms. The minimum Gasteiger partial charge on any atom is -0.507 e. The molecule has 0 heterocycles.